The molecule has 2 aromatic carbocycles. The minimum Gasteiger partial charge on any atom is -0.462 e. The highest BCUT2D eigenvalue weighted by Gasteiger charge is 2.30. The average Bonchev–Trinajstić information content (AvgIpc) is 3.49. The van der Waals surface area contributed by atoms with Crippen molar-refractivity contribution >= 4 is 57.1 Å². The molecule has 11 heteroatoms. The number of hydrogen-bond donors (Lipinski definition) is 2. The Morgan fingerprint density at radius 3 is 2.65 bits per heavy atom. The molecule has 206 valence electrons. The van der Waals surface area contributed by atoms with Gasteiger partial charge >= 0.3 is 5.97 Å². The molecule has 2 N–H and O–H groups in total. The van der Waals surface area contributed by atoms with E-state index < -0.39 is 11.9 Å². The van der Waals surface area contributed by atoms with Crippen LogP contribution in [0.3, 0.4) is 0 Å². The minimum atomic E-state index is -0.501. The summed E-state index contributed by atoms with van der Waals surface area (Å²) in [4.78, 5) is 29.7. The maximum absolute atomic E-state index is 13.3. The number of aromatic nitrogens is 1. The van der Waals surface area contributed by atoms with Gasteiger partial charge in [0.1, 0.15) is 22.0 Å². The summed E-state index contributed by atoms with van der Waals surface area (Å²) in [5, 5.41) is 10.9. The van der Waals surface area contributed by atoms with Crippen molar-refractivity contribution in [3.05, 3.63) is 92.5 Å². The molecule has 0 saturated heterocycles. The fourth-order valence-electron chi connectivity index (χ4n) is 4.72. The summed E-state index contributed by atoms with van der Waals surface area (Å²) >= 11 is 13.3. The molecule has 8 nitrogen and oxygen atoms in total. The smallest absolute Gasteiger partial charge is 0.341 e. The normalized spacial score (nSPS) is 13.0. The third-order valence-electron chi connectivity index (χ3n) is 6.54. The van der Waals surface area contributed by atoms with Gasteiger partial charge in [-0.3, -0.25) is 15.0 Å². The molecule has 5 rings (SSSR count). The molecule has 3 heterocycles. The van der Waals surface area contributed by atoms with Crippen molar-refractivity contribution in [3.63, 3.8) is 0 Å². The zero-order valence-corrected chi connectivity index (χ0v) is 24.3. The fourth-order valence-corrected chi connectivity index (χ4v) is 6.48. The second-order valence-corrected chi connectivity index (χ2v) is 11.1. The molecule has 0 atom stereocenters. The second-order valence-electron chi connectivity index (χ2n) is 9.23. The highest BCUT2D eigenvalue weighted by Crippen LogP contribution is 2.38. The number of carbonyl (C=O) groups is 2. The van der Waals surface area contributed by atoms with Crippen molar-refractivity contribution in [1.82, 2.24) is 15.4 Å². The minimum absolute atomic E-state index is 0.0426. The van der Waals surface area contributed by atoms with E-state index in [0.29, 0.717) is 45.6 Å². The summed E-state index contributed by atoms with van der Waals surface area (Å²) in [5.41, 5.74) is 3.78. The van der Waals surface area contributed by atoms with Gasteiger partial charge in [-0.15, -0.1) is 11.3 Å². The van der Waals surface area contributed by atoms with Crippen LogP contribution < -0.4 is 10.6 Å². The number of aryl methyl sites for hydroxylation is 1. The zero-order chi connectivity index (χ0) is 28.2. The summed E-state index contributed by atoms with van der Waals surface area (Å²) in [6.45, 7) is 5.99. The van der Waals surface area contributed by atoms with Crippen LogP contribution in [-0.2, 0) is 24.2 Å². The summed E-state index contributed by atoms with van der Waals surface area (Å²) in [7, 11) is 0. The largest absolute Gasteiger partial charge is 0.462 e. The Labute approximate surface area is 246 Å². The van der Waals surface area contributed by atoms with E-state index in [1.165, 1.54) is 16.9 Å². The molecule has 1 aliphatic rings. The average molecular weight is 595 g/mol. The van der Waals surface area contributed by atoms with E-state index in [0.717, 1.165) is 23.5 Å². The summed E-state index contributed by atoms with van der Waals surface area (Å²) in [5.74, 6) is -0.587. The molecule has 0 unspecified atom stereocenters. The van der Waals surface area contributed by atoms with E-state index in [-0.39, 0.29) is 17.3 Å². The van der Waals surface area contributed by atoms with Crippen LogP contribution in [0.4, 0.5) is 5.00 Å². The first kappa shape index (κ1) is 28.0. The number of nitrogens with zero attached hydrogens (tertiary/aromatic N) is 2. The van der Waals surface area contributed by atoms with E-state index in [1.54, 1.807) is 38.1 Å². The first-order valence-electron chi connectivity index (χ1n) is 12.8. The van der Waals surface area contributed by atoms with Crippen molar-refractivity contribution in [2.75, 3.05) is 18.5 Å². The number of anilines is 1. The van der Waals surface area contributed by atoms with E-state index in [4.69, 9.17) is 33.1 Å². The van der Waals surface area contributed by atoms with Crippen LogP contribution >= 0.6 is 35.2 Å². The number of halogens is 1. The van der Waals surface area contributed by atoms with Gasteiger partial charge < -0.3 is 14.6 Å². The molecule has 0 fully saturated rings. The van der Waals surface area contributed by atoms with Crippen LogP contribution in [0.25, 0.3) is 11.3 Å². The van der Waals surface area contributed by atoms with E-state index in [2.05, 4.69) is 32.8 Å². The van der Waals surface area contributed by atoms with Gasteiger partial charge in [-0.05, 0) is 49.7 Å². The summed E-state index contributed by atoms with van der Waals surface area (Å²) in [6.07, 6.45) is 0.703. The third kappa shape index (κ3) is 5.95. The van der Waals surface area contributed by atoms with E-state index in [9.17, 15) is 9.59 Å². The van der Waals surface area contributed by atoms with Crippen LogP contribution in [0.1, 0.15) is 49.4 Å². The molecule has 0 aliphatic carbocycles. The molecule has 40 heavy (non-hydrogen) atoms. The van der Waals surface area contributed by atoms with E-state index in [1.807, 2.05) is 18.2 Å². The number of ether oxygens (including phenoxy) is 1. The van der Waals surface area contributed by atoms with Crippen molar-refractivity contribution in [2.45, 2.75) is 33.4 Å². The highest BCUT2D eigenvalue weighted by atomic mass is 35.5. The third-order valence-corrected chi connectivity index (χ3v) is 8.20. The Balaban J connectivity index is 1.36. The van der Waals surface area contributed by atoms with Crippen LogP contribution in [0.15, 0.2) is 59.1 Å². The number of thiocarbonyl (C=S) groups is 1. The Hall–Kier alpha value is -3.57. The maximum Gasteiger partial charge on any atom is 0.341 e. The zero-order valence-electron chi connectivity index (χ0n) is 22.0. The molecule has 1 aliphatic heterocycles. The highest BCUT2D eigenvalue weighted by molar-refractivity contribution is 7.80. The molecule has 1 amide bonds. The van der Waals surface area contributed by atoms with Gasteiger partial charge in [0.15, 0.2) is 5.11 Å². The first-order chi connectivity index (χ1) is 19.4. The van der Waals surface area contributed by atoms with Crippen LogP contribution in [0.2, 0.25) is 5.02 Å². The van der Waals surface area contributed by atoms with Gasteiger partial charge in [0, 0.05) is 30.1 Å². The SMILES string of the molecule is CCOC(=O)c1c(NC(=S)NC(=O)c2c(-c3ccccc3Cl)noc2C)sc2c1CCN(Cc1ccccc1)C2. The van der Waals surface area contributed by atoms with Gasteiger partial charge in [0.2, 0.25) is 0 Å². The van der Waals surface area contributed by atoms with Crippen LogP contribution in [-0.4, -0.2) is 40.2 Å². The topological polar surface area (TPSA) is 96.7 Å². The van der Waals surface area contributed by atoms with Gasteiger partial charge in [-0.25, -0.2) is 4.79 Å². The molecule has 0 spiro atoms. The number of fused-ring (bicyclic) bond motifs is 1. The molecule has 4 aromatic rings. The standard InChI is InChI=1S/C29H27ClN4O4S2/c1-3-37-28(36)24-20-13-14-34(15-18-9-5-4-6-10-18)16-22(20)40-27(24)32-29(39)31-26(35)23-17(2)38-33-25(23)19-11-7-8-12-21(19)30/h4-12H,3,13-16H2,1-2H3,(H2,31,32,35,39). The van der Waals surface area contributed by atoms with Crippen molar-refractivity contribution < 1.29 is 18.8 Å². The number of hydrogen-bond acceptors (Lipinski definition) is 8. The number of nitrogens with one attached hydrogen (secondary N) is 2. The number of carbonyl (C=O) groups excluding carboxylic acids is 2. The number of esters is 1. The van der Waals surface area contributed by atoms with Gasteiger partial charge in [0.25, 0.3) is 5.91 Å². The van der Waals surface area contributed by atoms with Gasteiger partial charge in [-0.1, -0.05) is 65.3 Å². The van der Waals surface area contributed by atoms with Gasteiger partial charge in [0.05, 0.1) is 17.2 Å². The van der Waals surface area contributed by atoms with E-state index >= 15 is 0 Å². The van der Waals surface area contributed by atoms with Gasteiger partial charge in [-0.2, -0.15) is 0 Å². The van der Waals surface area contributed by atoms with Crippen molar-refractivity contribution in [3.8, 4) is 11.3 Å². The fraction of sp³-hybridized carbons (Fsp3) is 0.241. The Bertz CT molecular complexity index is 1570. The number of rotatable bonds is 7. The lowest BCUT2D eigenvalue weighted by atomic mass is 10.0. The first-order valence-corrected chi connectivity index (χ1v) is 14.4. The monoisotopic (exact) mass is 594 g/mol. The number of thiophene rings is 1. The summed E-state index contributed by atoms with van der Waals surface area (Å²) < 4.78 is 10.7. The molecule has 0 radical (unpaired) electrons. The lowest BCUT2D eigenvalue weighted by Gasteiger charge is -2.27. The predicted octanol–water partition coefficient (Wildman–Crippen LogP) is 6.23. The van der Waals surface area contributed by atoms with Crippen molar-refractivity contribution in [2.24, 2.45) is 0 Å². The van der Waals surface area contributed by atoms with Crippen molar-refractivity contribution in [1.29, 1.82) is 0 Å². The molecule has 0 bridgehead atoms. The lowest BCUT2D eigenvalue weighted by Crippen LogP contribution is -2.34. The molecular weight excluding hydrogens is 568 g/mol. The van der Waals surface area contributed by atoms with Crippen LogP contribution in [0.5, 0.6) is 0 Å². The van der Waals surface area contributed by atoms with Crippen LogP contribution in [0, 0.1) is 6.92 Å². The maximum atomic E-state index is 13.3. The summed E-state index contributed by atoms with van der Waals surface area (Å²) in [6, 6.07) is 17.4. The second kappa shape index (κ2) is 12.3. The predicted molar refractivity (Wildman–Crippen MR) is 160 cm³/mol. The molecule has 2 aromatic heterocycles. The molecular formula is C29H27ClN4O4S2. The Morgan fingerprint density at radius 2 is 1.90 bits per heavy atom. The lowest BCUT2D eigenvalue weighted by molar-refractivity contribution is 0.0526. The molecule has 0 saturated carbocycles. The Kier molecular flexibility index (Phi) is 8.60. The quantitative estimate of drug-likeness (QED) is 0.192. The Morgan fingerprint density at radius 1 is 1.15 bits per heavy atom. The number of amides is 1. The number of benzene rings is 2.